The van der Waals surface area contributed by atoms with Gasteiger partial charge in [-0.05, 0) is 19.4 Å². The van der Waals surface area contributed by atoms with E-state index in [4.69, 9.17) is 5.26 Å². The van der Waals surface area contributed by atoms with Crippen molar-refractivity contribution >= 4 is 23.1 Å². The summed E-state index contributed by atoms with van der Waals surface area (Å²) in [5, 5.41) is 19.7. The second kappa shape index (κ2) is 7.63. The Balaban J connectivity index is 2.15. The molecule has 0 spiro atoms. The summed E-state index contributed by atoms with van der Waals surface area (Å²) in [7, 11) is 0. The molecule has 0 aliphatic rings. The Bertz CT molecular complexity index is 294. The minimum atomic E-state index is -0.0367. The lowest BCUT2D eigenvalue weighted by molar-refractivity contribution is 0.585. The van der Waals surface area contributed by atoms with Crippen molar-refractivity contribution in [2.45, 2.75) is 30.1 Å². The number of rotatable bonds is 7. The normalized spacial score (nSPS) is 12.3. The highest BCUT2D eigenvalue weighted by Gasteiger charge is 2.06. The molecule has 1 heterocycles. The van der Waals surface area contributed by atoms with Gasteiger partial charge >= 0.3 is 0 Å². The topological polar surface area (TPSA) is 61.6 Å². The van der Waals surface area contributed by atoms with Crippen LogP contribution in [0, 0.1) is 11.3 Å². The Kier molecular flexibility index (Phi) is 6.32. The van der Waals surface area contributed by atoms with Gasteiger partial charge in [0.25, 0.3) is 0 Å². The van der Waals surface area contributed by atoms with Crippen LogP contribution in [0.2, 0.25) is 0 Å². The second-order valence-corrected chi connectivity index (χ2v) is 5.15. The maximum atomic E-state index is 8.86. The zero-order valence-electron chi connectivity index (χ0n) is 8.64. The fourth-order valence-electron chi connectivity index (χ4n) is 1.02. The monoisotopic (exact) mass is 242 g/mol. The van der Waals surface area contributed by atoms with Crippen molar-refractivity contribution in [1.29, 1.82) is 5.26 Å². The maximum Gasteiger partial charge on any atom is 0.174 e. The van der Waals surface area contributed by atoms with Crippen molar-refractivity contribution in [2.75, 3.05) is 12.3 Å². The molecule has 0 bridgehead atoms. The van der Waals surface area contributed by atoms with E-state index in [2.05, 4.69) is 28.5 Å². The van der Waals surface area contributed by atoms with Crippen molar-refractivity contribution < 1.29 is 0 Å². The Morgan fingerprint density at radius 2 is 2.60 bits per heavy atom. The zero-order chi connectivity index (χ0) is 10.9. The average Bonchev–Trinajstić information content (AvgIpc) is 2.76. The number of hydrogen-bond acceptors (Lipinski definition) is 6. The van der Waals surface area contributed by atoms with Gasteiger partial charge in [-0.1, -0.05) is 30.0 Å². The lowest BCUT2D eigenvalue weighted by Crippen LogP contribution is -2.28. The summed E-state index contributed by atoms with van der Waals surface area (Å²) in [5.41, 5.74) is 1.72. The van der Waals surface area contributed by atoms with Crippen LogP contribution in [-0.2, 0) is 0 Å². The highest BCUT2D eigenvalue weighted by atomic mass is 32.2. The van der Waals surface area contributed by atoms with Gasteiger partial charge < -0.3 is 5.32 Å². The molecule has 0 aliphatic carbocycles. The molecule has 0 aliphatic heterocycles. The molecule has 15 heavy (non-hydrogen) atoms. The van der Waals surface area contributed by atoms with Crippen molar-refractivity contribution in [2.24, 2.45) is 0 Å². The summed E-state index contributed by atoms with van der Waals surface area (Å²) < 4.78 is 0.974. The minimum Gasteiger partial charge on any atom is -0.302 e. The van der Waals surface area contributed by atoms with Gasteiger partial charge in [-0.25, -0.2) is 0 Å². The first-order valence-corrected chi connectivity index (χ1v) is 6.75. The van der Waals surface area contributed by atoms with E-state index >= 15 is 0 Å². The number of aromatic nitrogens is 2. The summed E-state index contributed by atoms with van der Waals surface area (Å²) in [6.07, 6.45) is 1.91. The standard InChI is InChI=1S/C9H14N4S2/c1-2-4-11-8(6-10)3-5-14-9-13-12-7-15-9/h7-8,11H,2-5H2,1H3. The molecule has 0 saturated carbocycles. The summed E-state index contributed by atoms with van der Waals surface area (Å²) >= 11 is 3.20. The number of nitrogens with one attached hydrogen (secondary N) is 1. The second-order valence-electron chi connectivity index (χ2n) is 2.98. The quantitative estimate of drug-likeness (QED) is 0.740. The fraction of sp³-hybridized carbons (Fsp3) is 0.667. The SMILES string of the molecule is CCCNC(C#N)CCSc1nncs1. The van der Waals surface area contributed by atoms with E-state index in [-0.39, 0.29) is 6.04 Å². The first-order chi connectivity index (χ1) is 7.36. The van der Waals surface area contributed by atoms with Gasteiger partial charge in [-0.2, -0.15) is 5.26 Å². The third kappa shape index (κ3) is 5.11. The lowest BCUT2D eigenvalue weighted by Gasteiger charge is -2.08. The van der Waals surface area contributed by atoms with E-state index in [9.17, 15) is 0 Å². The molecule has 0 saturated heterocycles. The summed E-state index contributed by atoms with van der Waals surface area (Å²) in [5.74, 6) is 0.907. The third-order valence-corrected chi connectivity index (χ3v) is 3.66. The number of hydrogen-bond donors (Lipinski definition) is 1. The van der Waals surface area contributed by atoms with Crippen molar-refractivity contribution in [3.8, 4) is 6.07 Å². The zero-order valence-corrected chi connectivity index (χ0v) is 10.3. The van der Waals surface area contributed by atoms with Crippen molar-refractivity contribution in [3.63, 3.8) is 0 Å². The summed E-state index contributed by atoms with van der Waals surface area (Å²) in [6, 6.07) is 2.22. The molecule has 1 aromatic rings. The van der Waals surface area contributed by atoms with Crippen LogP contribution in [0.15, 0.2) is 9.85 Å². The molecule has 0 fully saturated rings. The van der Waals surface area contributed by atoms with Crippen LogP contribution < -0.4 is 5.32 Å². The Morgan fingerprint density at radius 1 is 1.73 bits per heavy atom. The van der Waals surface area contributed by atoms with Gasteiger partial charge in [0.1, 0.15) is 5.51 Å². The molecule has 6 heteroatoms. The molecule has 82 valence electrons. The van der Waals surface area contributed by atoms with Gasteiger partial charge in [0.15, 0.2) is 4.34 Å². The molecule has 0 amide bonds. The molecule has 0 radical (unpaired) electrons. The molecule has 1 N–H and O–H groups in total. The molecule has 1 rings (SSSR count). The number of nitriles is 1. The Hall–Kier alpha value is -0.640. The Morgan fingerprint density at radius 3 is 3.20 bits per heavy atom. The van der Waals surface area contributed by atoms with Crippen LogP contribution >= 0.6 is 23.1 Å². The molecule has 0 aromatic carbocycles. The average molecular weight is 242 g/mol. The van der Waals surface area contributed by atoms with Crippen LogP contribution in [0.25, 0.3) is 0 Å². The van der Waals surface area contributed by atoms with Crippen LogP contribution in [0.4, 0.5) is 0 Å². The highest BCUT2D eigenvalue weighted by molar-refractivity contribution is 8.00. The largest absolute Gasteiger partial charge is 0.302 e. The first-order valence-electron chi connectivity index (χ1n) is 4.88. The van der Waals surface area contributed by atoms with Crippen molar-refractivity contribution in [1.82, 2.24) is 15.5 Å². The van der Waals surface area contributed by atoms with Gasteiger partial charge in [0, 0.05) is 5.75 Å². The summed E-state index contributed by atoms with van der Waals surface area (Å²) in [4.78, 5) is 0. The number of thioether (sulfide) groups is 1. The predicted molar refractivity (Wildman–Crippen MR) is 62.9 cm³/mol. The van der Waals surface area contributed by atoms with E-state index in [1.165, 1.54) is 11.3 Å². The molecular formula is C9H14N4S2. The van der Waals surface area contributed by atoms with E-state index in [1.54, 1.807) is 17.3 Å². The van der Waals surface area contributed by atoms with E-state index in [0.29, 0.717) is 0 Å². The molecule has 4 nitrogen and oxygen atoms in total. The van der Waals surface area contributed by atoms with Gasteiger partial charge in [0.2, 0.25) is 0 Å². The van der Waals surface area contributed by atoms with E-state index in [1.807, 2.05) is 0 Å². The lowest BCUT2D eigenvalue weighted by atomic mass is 10.2. The Labute approximate surface area is 98.1 Å². The highest BCUT2D eigenvalue weighted by Crippen LogP contribution is 2.19. The molecule has 1 aromatic heterocycles. The van der Waals surface area contributed by atoms with Gasteiger partial charge in [-0.15, -0.1) is 10.2 Å². The van der Waals surface area contributed by atoms with Crippen LogP contribution in [0.5, 0.6) is 0 Å². The summed E-state index contributed by atoms with van der Waals surface area (Å²) in [6.45, 7) is 3.00. The van der Waals surface area contributed by atoms with E-state index < -0.39 is 0 Å². The molecule has 1 atom stereocenters. The van der Waals surface area contributed by atoms with Crippen molar-refractivity contribution in [3.05, 3.63) is 5.51 Å². The minimum absolute atomic E-state index is 0.0367. The maximum absolute atomic E-state index is 8.86. The van der Waals surface area contributed by atoms with Gasteiger partial charge in [-0.3, -0.25) is 0 Å². The van der Waals surface area contributed by atoms with Crippen LogP contribution in [0.3, 0.4) is 0 Å². The fourth-order valence-corrected chi connectivity index (χ4v) is 2.58. The first kappa shape index (κ1) is 12.4. The smallest absolute Gasteiger partial charge is 0.174 e. The van der Waals surface area contributed by atoms with E-state index in [0.717, 1.165) is 29.5 Å². The molecular weight excluding hydrogens is 228 g/mol. The van der Waals surface area contributed by atoms with Crippen LogP contribution in [-0.4, -0.2) is 28.5 Å². The van der Waals surface area contributed by atoms with Crippen LogP contribution in [0.1, 0.15) is 19.8 Å². The van der Waals surface area contributed by atoms with Gasteiger partial charge in [0.05, 0.1) is 12.1 Å². The molecule has 1 unspecified atom stereocenters. The third-order valence-electron chi connectivity index (χ3n) is 1.77. The predicted octanol–water partition coefficient (Wildman–Crippen LogP) is 1.91. The number of nitrogens with zero attached hydrogens (tertiary/aromatic N) is 3.